The van der Waals surface area contributed by atoms with Crippen LogP contribution in [0.1, 0.15) is 24.5 Å². The maximum Gasteiger partial charge on any atom is 0.421 e. The predicted molar refractivity (Wildman–Crippen MR) is 46.1 cm³/mol. The normalized spacial score (nSPS) is 11.7. The highest BCUT2D eigenvalue weighted by atomic mass is 19.4. The molecule has 0 aliphatic carbocycles. The summed E-state index contributed by atoms with van der Waals surface area (Å²) in [6.45, 7) is 1.86. The highest BCUT2D eigenvalue weighted by Gasteiger charge is 2.33. The third-order valence-corrected chi connectivity index (χ3v) is 1.81. The van der Waals surface area contributed by atoms with Crippen molar-refractivity contribution in [2.75, 3.05) is 0 Å². The number of nitrogens with one attached hydrogen (secondary N) is 1. The summed E-state index contributed by atoms with van der Waals surface area (Å²) in [6.07, 6.45) is -1.98. The molecule has 0 unspecified atom stereocenters. The number of rotatable bonds is 2. The fourth-order valence-corrected chi connectivity index (χ4v) is 1.17. The summed E-state index contributed by atoms with van der Waals surface area (Å²) in [5.74, 6) is 0. The van der Waals surface area contributed by atoms with Gasteiger partial charge in [0.2, 0.25) is 0 Å². The van der Waals surface area contributed by atoms with Gasteiger partial charge in [0, 0.05) is 6.20 Å². The van der Waals surface area contributed by atoms with Crippen LogP contribution in [0.5, 0.6) is 0 Å². The van der Waals surface area contributed by atoms with Gasteiger partial charge in [0.1, 0.15) is 5.56 Å². The number of hydrogen-bond donors (Lipinski definition) is 1. The van der Waals surface area contributed by atoms with Gasteiger partial charge in [-0.1, -0.05) is 13.3 Å². The SMILES string of the molecule is CCCc1c[nH]c(=O)c(C(F)(F)F)c1. The van der Waals surface area contributed by atoms with E-state index in [0.717, 1.165) is 12.5 Å². The van der Waals surface area contributed by atoms with Crippen LogP contribution in [0.15, 0.2) is 17.1 Å². The smallest absolute Gasteiger partial charge is 0.328 e. The molecule has 0 aliphatic rings. The van der Waals surface area contributed by atoms with Gasteiger partial charge in [0.05, 0.1) is 0 Å². The van der Waals surface area contributed by atoms with E-state index < -0.39 is 17.3 Å². The molecule has 1 heterocycles. The minimum absolute atomic E-state index is 0.499. The van der Waals surface area contributed by atoms with Crippen molar-refractivity contribution in [1.82, 2.24) is 4.98 Å². The first-order valence-corrected chi connectivity index (χ1v) is 4.24. The van der Waals surface area contributed by atoms with Crippen molar-refractivity contribution in [3.63, 3.8) is 0 Å². The van der Waals surface area contributed by atoms with Gasteiger partial charge in [-0.05, 0) is 18.1 Å². The molecule has 0 aromatic carbocycles. The van der Waals surface area contributed by atoms with E-state index >= 15 is 0 Å². The standard InChI is InChI=1S/C9H10F3NO/c1-2-3-6-4-7(9(10,11)12)8(14)13-5-6/h4-5H,2-3H2,1H3,(H,13,14). The van der Waals surface area contributed by atoms with Crippen LogP contribution >= 0.6 is 0 Å². The Bertz CT molecular complexity index is 367. The Morgan fingerprint density at radius 2 is 2.07 bits per heavy atom. The average Bonchev–Trinajstić information content (AvgIpc) is 2.07. The topological polar surface area (TPSA) is 32.9 Å². The average molecular weight is 205 g/mol. The molecule has 0 spiro atoms. The zero-order chi connectivity index (χ0) is 10.8. The van der Waals surface area contributed by atoms with Gasteiger partial charge in [-0.25, -0.2) is 0 Å². The van der Waals surface area contributed by atoms with Gasteiger partial charge in [-0.2, -0.15) is 13.2 Å². The largest absolute Gasteiger partial charge is 0.421 e. The number of pyridine rings is 1. The first kappa shape index (κ1) is 10.8. The second kappa shape index (κ2) is 3.86. The van der Waals surface area contributed by atoms with E-state index in [9.17, 15) is 18.0 Å². The summed E-state index contributed by atoms with van der Waals surface area (Å²) in [7, 11) is 0. The van der Waals surface area contributed by atoms with Crippen molar-refractivity contribution in [1.29, 1.82) is 0 Å². The summed E-state index contributed by atoms with van der Waals surface area (Å²) in [4.78, 5) is 12.9. The zero-order valence-corrected chi connectivity index (χ0v) is 7.61. The summed E-state index contributed by atoms with van der Waals surface area (Å²) < 4.78 is 36.7. The van der Waals surface area contributed by atoms with Gasteiger partial charge in [-0.3, -0.25) is 4.79 Å². The lowest BCUT2D eigenvalue weighted by molar-refractivity contribution is -0.138. The van der Waals surface area contributed by atoms with Gasteiger partial charge in [-0.15, -0.1) is 0 Å². The van der Waals surface area contributed by atoms with E-state index in [2.05, 4.69) is 4.98 Å². The molecule has 0 saturated carbocycles. The third-order valence-electron chi connectivity index (χ3n) is 1.81. The van der Waals surface area contributed by atoms with Crippen LogP contribution in [-0.4, -0.2) is 4.98 Å². The van der Waals surface area contributed by atoms with E-state index in [4.69, 9.17) is 0 Å². The number of aromatic nitrogens is 1. The van der Waals surface area contributed by atoms with Crippen LogP contribution in [-0.2, 0) is 12.6 Å². The minimum atomic E-state index is -4.57. The second-order valence-corrected chi connectivity index (χ2v) is 3.00. The van der Waals surface area contributed by atoms with E-state index in [1.165, 1.54) is 6.20 Å². The van der Waals surface area contributed by atoms with Gasteiger partial charge in [0.25, 0.3) is 5.56 Å². The Kier molecular flexibility index (Phi) is 2.98. The number of aromatic amines is 1. The molecule has 0 radical (unpaired) electrons. The lowest BCUT2D eigenvalue weighted by Gasteiger charge is -2.06. The number of aryl methyl sites for hydroxylation is 1. The van der Waals surface area contributed by atoms with Gasteiger partial charge >= 0.3 is 6.18 Å². The molecule has 0 fully saturated rings. The van der Waals surface area contributed by atoms with Crippen molar-refractivity contribution in [2.24, 2.45) is 0 Å². The van der Waals surface area contributed by atoms with Crippen LogP contribution in [0.3, 0.4) is 0 Å². The second-order valence-electron chi connectivity index (χ2n) is 3.00. The molecule has 1 rings (SSSR count). The molecule has 0 aliphatic heterocycles. The van der Waals surface area contributed by atoms with Crippen molar-refractivity contribution in [3.8, 4) is 0 Å². The molecule has 2 nitrogen and oxygen atoms in total. The summed E-state index contributed by atoms with van der Waals surface area (Å²) in [6, 6.07) is 0.905. The molecule has 78 valence electrons. The number of halogens is 3. The zero-order valence-electron chi connectivity index (χ0n) is 7.61. The lowest BCUT2D eigenvalue weighted by atomic mass is 10.1. The van der Waals surface area contributed by atoms with Crippen LogP contribution < -0.4 is 5.56 Å². The molecule has 1 N–H and O–H groups in total. The Morgan fingerprint density at radius 3 is 2.57 bits per heavy atom. The first-order chi connectivity index (χ1) is 6.45. The summed E-state index contributed by atoms with van der Waals surface area (Å²) in [5, 5.41) is 0. The van der Waals surface area contributed by atoms with E-state index in [-0.39, 0.29) is 0 Å². The van der Waals surface area contributed by atoms with Crippen molar-refractivity contribution >= 4 is 0 Å². The van der Waals surface area contributed by atoms with Gasteiger partial charge in [0.15, 0.2) is 0 Å². The summed E-state index contributed by atoms with van der Waals surface area (Å²) >= 11 is 0. The third kappa shape index (κ3) is 2.37. The van der Waals surface area contributed by atoms with Crippen molar-refractivity contribution < 1.29 is 13.2 Å². The fourth-order valence-electron chi connectivity index (χ4n) is 1.17. The molecule has 5 heteroatoms. The quantitative estimate of drug-likeness (QED) is 0.789. The molecule has 0 atom stereocenters. The Balaban J connectivity index is 3.15. The van der Waals surface area contributed by atoms with Crippen molar-refractivity contribution in [2.45, 2.75) is 25.9 Å². The van der Waals surface area contributed by atoms with Gasteiger partial charge < -0.3 is 4.98 Å². The number of H-pyrrole nitrogens is 1. The van der Waals surface area contributed by atoms with Crippen LogP contribution in [0.4, 0.5) is 13.2 Å². The summed E-state index contributed by atoms with van der Waals surface area (Å²) in [5.41, 5.74) is -1.71. The molecule has 0 saturated heterocycles. The Morgan fingerprint density at radius 1 is 1.43 bits per heavy atom. The van der Waals surface area contributed by atoms with E-state index in [1.54, 1.807) is 0 Å². The minimum Gasteiger partial charge on any atom is -0.328 e. The number of alkyl halides is 3. The predicted octanol–water partition coefficient (Wildman–Crippen LogP) is 2.35. The monoisotopic (exact) mass is 205 g/mol. The fraction of sp³-hybridized carbons (Fsp3) is 0.444. The number of hydrogen-bond acceptors (Lipinski definition) is 1. The Hall–Kier alpha value is -1.26. The molecule has 0 bridgehead atoms. The van der Waals surface area contributed by atoms with E-state index in [0.29, 0.717) is 12.0 Å². The molecule has 1 aromatic rings. The van der Waals surface area contributed by atoms with Crippen LogP contribution in [0.25, 0.3) is 0 Å². The molecule has 1 aromatic heterocycles. The molecule has 14 heavy (non-hydrogen) atoms. The highest BCUT2D eigenvalue weighted by Crippen LogP contribution is 2.26. The lowest BCUT2D eigenvalue weighted by Crippen LogP contribution is -2.21. The Labute approximate surface area is 78.8 Å². The maximum atomic E-state index is 12.2. The highest BCUT2D eigenvalue weighted by molar-refractivity contribution is 5.20. The first-order valence-electron chi connectivity index (χ1n) is 4.24. The van der Waals surface area contributed by atoms with Crippen molar-refractivity contribution in [3.05, 3.63) is 33.7 Å². The molecule has 0 amide bonds. The van der Waals surface area contributed by atoms with Crippen LogP contribution in [0, 0.1) is 0 Å². The molecular formula is C9H10F3NO. The maximum absolute atomic E-state index is 12.2. The molecular weight excluding hydrogens is 195 g/mol. The van der Waals surface area contributed by atoms with Crippen LogP contribution in [0.2, 0.25) is 0 Å². The van der Waals surface area contributed by atoms with E-state index in [1.807, 2.05) is 6.92 Å².